The Morgan fingerprint density at radius 2 is 2.04 bits per heavy atom. The molecule has 3 rings (SSSR count). The smallest absolute Gasteiger partial charge is 0.337 e. The van der Waals surface area contributed by atoms with Crippen molar-refractivity contribution < 1.29 is 14.3 Å². The zero-order valence-corrected chi connectivity index (χ0v) is 15.7. The third-order valence-corrected chi connectivity index (χ3v) is 4.73. The summed E-state index contributed by atoms with van der Waals surface area (Å²) < 4.78 is 10.1. The predicted octanol–water partition coefficient (Wildman–Crippen LogP) is 3.85. The predicted molar refractivity (Wildman–Crippen MR) is 106 cm³/mol. The average molecular weight is 370 g/mol. The summed E-state index contributed by atoms with van der Waals surface area (Å²) in [5, 5.41) is 7.07. The highest BCUT2D eigenvalue weighted by Crippen LogP contribution is 2.32. The number of aryl methyl sites for hydroxylation is 1. The van der Waals surface area contributed by atoms with Gasteiger partial charge in [-0.05, 0) is 72.9 Å². The second-order valence-electron chi connectivity index (χ2n) is 6.18. The van der Waals surface area contributed by atoms with Crippen LogP contribution in [0.2, 0.25) is 0 Å². The maximum absolute atomic E-state index is 11.6. The lowest BCUT2D eigenvalue weighted by molar-refractivity contribution is 0.0601. The number of methoxy groups -OCH3 is 2. The van der Waals surface area contributed by atoms with Crippen LogP contribution in [0, 0.1) is 0 Å². The Labute approximate surface area is 158 Å². The minimum absolute atomic E-state index is 0.161. The number of fused-ring (bicyclic) bond motifs is 1. The number of esters is 1. The maximum Gasteiger partial charge on any atom is 0.337 e. The Bertz CT molecular complexity index is 822. The van der Waals surface area contributed by atoms with E-state index in [0.717, 1.165) is 30.7 Å². The van der Waals surface area contributed by atoms with Crippen LogP contribution in [0.1, 0.15) is 40.4 Å². The molecule has 0 aromatic heterocycles. The molecule has 0 saturated heterocycles. The fraction of sp³-hybridized carbons (Fsp3) is 0.300. The lowest BCUT2D eigenvalue weighted by Gasteiger charge is -2.28. The van der Waals surface area contributed by atoms with Gasteiger partial charge in [-0.25, -0.2) is 4.79 Å². The summed E-state index contributed by atoms with van der Waals surface area (Å²) in [4.78, 5) is 11.6. The Morgan fingerprint density at radius 3 is 2.81 bits per heavy atom. The summed E-state index contributed by atoms with van der Waals surface area (Å²) in [5.41, 5.74) is 3.78. The molecule has 5 nitrogen and oxygen atoms in total. The van der Waals surface area contributed by atoms with Crippen LogP contribution in [0.3, 0.4) is 0 Å². The van der Waals surface area contributed by atoms with Gasteiger partial charge in [0, 0.05) is 5.69 Å². The van der Waals surface area contributed by atoms with Crippen molar-refractivity contribution in [2.24, 2.45) is 0 Å². The van der Waals surface area contributed by atoms with Crippen LogP contribution >= 0.6 is 12.2 Å². The van der Waals surface area contributed by atoms with E-state index in [2.05, 4.69) is 22.8 Å². The van der Waals surface area contributed by atoms with Gasteiger partial charge in [0.15, 0.2) is 5.11 Å². The number of thiocarbonyl (C=S) groups is 1. The van der Waals surface area contributed by atoms with Gasteiger partial charge in [0.05, 0.1) is 25.8 Å². The van der Waals surface area contributed by atoms with Crippen LogP contribution in [-0.4, -0.2) is 25.3 Å². The Kier molecular flexibility index (Phi) is 5.73. The van der Waals surface area contributed by atoms with Gasteiger partial charge < -0.3 is 20.1 Å². The Balaban J connectivity index is 1.69. The molecular formula is C20H22N2O3S. The SMILES string of the molecule is COC(=O)c1cccc(NC(=S)N[C@H]2CCCc3cc(OC)ccc32)c1. The highest BCUT2D eigenvalue weighted by molar-refractivity contribution is 7.80. The molecule has 6 heteroatoms. The zero-order chi connectivity index (χ0) is 18.5. The molecule has 0 saturated carbocycles. The summed E-state index contributed by atoms with van der Waals surface area (Å²) in [5.74, 6) is 0.507. The number of hydrogen-bond acceptors (Lipinski definition) is 4. The van der Waals surface area contributed by atoms with Gasteiger partial charge in [-0.3, -0.25) is 0 Å². The van der Waals surface area contributed by atoms with E-state index in [1.54, 1.807) is 25.3 Å². The Morgan fingerprint density at radius 1 is 1.19 bits per heavy atom. The number of benzene rings is 2. The van der Waals surface area contributed by atoms with Crippen LogP contribution in [0.15, 0.2) is 42.5 Å². The van der Waals surface area contributed by atoms with Crippen molar-refractivity contribution in [3.05, 3.63) is 59.2 Å². The lowest BCUT2D eigenvalue weighted by Crippen LogP contribution is -2.34. The molecule has 0 aliphatic heterocycles. The van der Waals surface area contributed by atoms with E-state index >= 15 is 0 Å². The standard InChI is InChI=1S/C20H22N2O3S/c1-24-16-9-10-17-13(12-16)5-4-8-18(17)22-20(26)21-15-7-3-6-14(11-15)19(23)25-2/h3,6-7,9-12,18H,4-5,8H2,1-2H3,(H2,21,22,26)/t18-/m0/s1. The number of carbonyl (C=O) groups is 1. The normalized spacial score (nSPS) is 15.5. The molecule has 0 bridgehead atoms. The summed E-state index contributed by atoms with van der Waals surface area (Å²) in [6.07, 6.45) is 3.16. The van der Waals surface area contributed by atoms with E-state index in [0.29, 0.717) is 10.7 Å². The van der Waals surface area contributed by atoms with Gasteiger partial charge >= 0.3 is 5.97 Å². The van der Waals surface area contributed by atoms with Gasteiger partial charge in [0.1, 0.15) is 5.75 Å². The van der Waals surface area contributed by atoms with Gasteiger partial charge in [-0.1, -0.05) is 12.1 Å². The molecule has 0 radical (unpaired) electrons. The van der Waals surface area contributed by atoms with Gasteiger partial charge in [-0.15, -0.1) is 0 Å². The number of ether oxygens (including phenoxy) is 2. The summed E-state index contributed by atoms with van der Waals surface area (Å²) in [6, 6.07) is 13.4. The van der Waals surface area contributed by atoms with Crippen LogP contribution in [0.4, 0.5) is 5.69 Å². The first-order valence-corrected chi connectivity index (χ1v) is 8.94. The first kappa shape index (κ1) is 18.2. The second-order valence-corrected chi connectivity index (χ2v) is 6.59. The van der Waals surface area contributed by atoms with Crippen molar-refractivity contribution in [3.8, 4) is 5.75 Å². The van der Waals surface area contributed by atoms with Crippen LogP contribution in [0.25, 0.3) is 0 Å². The maximum atomic E-state index is 11.6. The van der Waals surface area contributed by atoms with Crippen molar-refractivity contribution in [3.63, 3.8) is 0 Å². The monoisotopic (exact) mass is 370 g/mol. The summed E-state index contributed by atoms with van der Waals surface area (Å²) in [7, 11) is 3.05. The Hall–Kier alpha value is -2.60. The van der Waals surface area contributed by atoms with Crippen LogP contribution < -0.4 is 15.4 Å². The van der Waals surface area contributed by atoms with Crippen LogP contribution in [-0.2, 0) is 11.2 Å². The highest BCUT2D eigenvalue weighted by atomic mass is 32.1. The first-order valence-electron chi connectivity index (χ1n) is 8.53. The molecule has 1 aliphatic carbocycles. The van der Waals surface area contributed by atoms with E-state index in [4.69, 9.17) is 21.7 Å². The molecule has 136 valence electrons. The molecule has 0 spiro atoms. The molecule has 0 unspecified atom stereocenters. The molecule has 0 amide bonds. The van der Waals surface area contributed by atoms with E-state index < -0.39 is 0 Å². The minimum Gasteiger partial charge on any atom is -0.497 e. The molecule has 2 N–H and O–H groups in total. The van der Waals surface area contributed by atoms with Gasteiger partial charge in [0.25, 0.3) is 0 Å². The molecule has 2 aromatic carbocycles. The zero-order valence-electron chi connectivity index (χ0n) is 14.9. The number of nitrogens with one attached hydrogen (secondary N) is 2. The molecule has 1 aliphatic rings. The second kappa shape index (κ2) is 8.19. The molecule has 2 aromatic rings. The molecule has 1 atom stereocenters. The third-order valence-electron chi connectivity index (χ3n) is 4.51. The van der Waals surface area contributed by atoms with E-state index in [9.17, 15) is 4.79 Å². The van der Waals surface area contributed by atoms with Crippen LogP contribution in [0.5, 0.6) is 5.75 Å². The number of hydrogen-bond donors (Lipinski definition) is 2. The van der Waals surface area contributed by atoms with Crippen molar-refractivity contribution >= 4 is 29.0 Å². The average Bonchev–Trinajstić information content (AvgIpc) is 2.67. The van der Waals surface area contributed by atoms with E-state index in [1.807, 2.05) is 12.1 Å². The highest BCUT2D eigenvalue weighted by Gasteiger charge is 2.21. The quantitative estimate of drug-likeness (QED) is 0.630. The molecular weight excluding hydrogens is 348 g/mol. The fourth-order valence-electron chi connectivity index (χ4n) is 3.23. The van der Waals surface area contributed by atoms with Gasteiger partial charge in [-0.2, -0.15) is 0 Å². The third kappa shape index (κ3) is 4.14. The van der Waals surface area contributed by atoms with Crippen molar-refractivity contribution in [1.29, 1.82) is 0 Å². The first-order chi connectivity index (χ1) is 12.6. The van der Waals surface area contributed by atoms with Crippen molar-refractivity contribution in [2.45, 2.75) is 25.3 Å². The lowest BCUT2D eigenvalue weighted by atomic mass is 9.87. The largest absolute Gasteiger partial charge is 0.497 e. The van der Waals surface area contributed by atoms with E-state index in [1.165, 1.54) is 18.2 Å². The van der Waals surface area contributed by atoms with Crippen molar-refractivity contribution in [1.82, 2.24) is 5.32 Å². The molecule has 26 heavy (non-hydrogen) atoms. The van der Waals surface area contributed by atoms with Crippen molar-refractivity contribution in [2.75, 3.05) is 19.5 Å². The summed E-state index contributed by atoms with van der Waals surface area (Å²) in [6.45, 7) is 0. The number of carbonyl (C=O) groups excluding carboxylic acids is 1. The fourth-order valence-corrected chi connectivity index (χ4v) is 3.49. The number of anilines is 1. The topological polar surface area (TPSA) is 59.6 Å². The molecule has 0 fully saturated rings. The minimum atomic E-state index is -0.373. The number of rotatable bonds is 4. The van der Waals surface area contributed by atoms with E-state index in [-0.39, 0.29) is 12.0 Å². The summed E-state index contributed by atoms with van der Waals surface area (Å²) >= 11 is 5.47. The van der Waals surface area contributed by atoms with Gasteiger partial charge in [0.2, 0.25) is 0 Å². The molecule has 0 heterocycles.